The molecule has 2 aliphatic heterocycles. The zero-order valence-electron chi connectivity index (χ0n) is 17.4. The normalized spacial score (nSPS) is 16.4. The number of hydrogen-bond acceptors (Lipinski definition) is 7. The van der Waals surface area contributed by atoms with Gasteiger partial charge in [-0.1, -0.05) is 6.07 Å². The van der Waals surface area contributed by atoms with Crippen LogP contribution in [-0.2, 0) is 13.1 Å². The van der Waals surface area contributed by atoms with Crippen LogP contribution in [0.1, 0.15) is 29.2 Å². The molecule has 0 bridgehead atoms. The van der Waals surface area contributed by atoms with Crippen LogP contribution in [0, 0.1) is 18.3 Å². The average Bonchev–Trinajstić information content (AvgIpc) is 3.46. The number of allylic oxidation sites excluding steroid dienone is 1. The molecular weight excluding hydrogens is 410 g/mol. The molecule has 1 atom stereocenters. The van der Waals surface area contributed by atoms with Gasteiger partial charge in [-0.25, -0.2) is 4.98 Å². The molecule has 0 spiro atoms. The van der Waals surface area contributed by atoms with E-state index in [0.717, 1.165) is 18.7 Å². The minimum atomic E-state index is -0.661. The van der Waals surface area contributed by atoms with Gasteiger partial charge >= 0.3 is 0 Å². The number of benzene rings is 1. The summed E-state index contributed by atoms with van der Waals surface area (Å²) in [6.45, 7) is 3.25. The first-order chi connectivity index (χ1) is 15.6. The van der Waals surface area contributed by atoms with Crippen molar-refractivity contribution in [2.75, 3.05) is 6.79 Å². The Morgan fingerprint density at radius 3 is 2.84 bits per heavy atom. The molecule has 4 heterocycles. The van der Waals surface area contributed by atoms with Crippen LogP contribution in [-0.4, -0.2) is 20.9 Å². The highest BCUT2D eigenvalue weighted by atomic mass is 16.7. The lowest BCUT2D eigenvalue weighted by Gasteiger charge is -2.27. The van der Waals surface area contributed by atoms with Crippen LogP contribution in [0.3, 0.4) is 0 Å². The highest BCUT2D eigenvalue weighted by Crippen LogP contribution is 2.43. The molecule has 9 nitrogen and oxygen atoms in total. The average molecular weight is 431 g/mol. The van der Waals surface area contributed by atoms with Crippen molar-refractivity contribution in [1.82, 2.24) is 14.1 Å². The van der Waals surface area contributed by atoms with Crippen LogP contribution in [0.15, 0.2) is 59.2 Å². The largest absolute Gasteiger partial charge is 0.454 e. The van der Waals surface area contributed by atoms with Crippen molar-refractivity contribution in [3.8, 4) is 23.3 Å². The van der Waals surface area contributed by atoms with Crippen LogP contribution in [0.4, 0.5) is 0 Å². The molecule has 9 heteroatoms. The summed E-state index contributed by atoms with van der Waals surface area (Å²) >= 11 is 0. The van der Waals surface area contributed by atoms with E-state index in [4.69, 9.17) is 19.9 Å². The third kappa shape index (κ3) is 3.26. The van der Waals surface area contributed by atoms with Crippen molar-refractivity contribution in [3.05, 3.63) is 81.6 Å². The first kappa shape index (κ1) is 19.8. The van der Waals surface area contributed by atoms with Gasteiger partial charge in [-0.05, 0) is 31.0 Å². The molecule has 2 aliphatic rings. The van der Waals surface area contributed by atoms with Gasteiger partial charge in [0.25, 0.3) is 5.56 Å². The van der Waals surface area contributed by atoms with Crippen molar-refractivity contribution in [2.24, 2.45) is 5.73 Å². The van der Waals surface area contributed by atoms with Gasteiger partial charge in [-0.2, -0.15) is 5.26 Å². The molecule has 0 fully saturated rings. The van der Waals surface area contributed by atoms with Crippen molar-refractivity contribution in [2.45, 2.75) is 32.4 Å². The van der Waals surface area contributed by atoms with Gasteiger partial charge in [-0.3, -0.25) is 4.79 Å². The smallest absolute Gasteiger partial charge is 0.258 e. The van der Waals surface area contributed by atoms with Crippen molar-refractivity contribution in [1.29, 1.82) is 5.26 Å². The number of fused-ring (bicyclic) bond motifs is 2. The Bertz CT molecular complexity index is 1320. The number of hydrogen-bond donors (Lipinski definition) is 1. The zero-order valence-corrected chi connectivity index (χ0v) is 17.4. The fourth-order valence-electron chi connectivity index (χ4n) is 4.22. The predicted molar refractivity (Wildman–Crippen MR) is 114 cm³/mol. The van der Waals surface area contributed by atoms with Gasteiger partial charge in [0.2, 0.25) is 12.7 Å². The van der Waals surface area contributed by atoms with Crippen molar-refractivity contribution < 1.29 is 14.2 Å². The molecule has 5 rings (SSSR count). The van der Waals surface area contributed by atoms with Gasteiger partial charge < -0.3 is 29.1 Å². The Morgan fingerprint density at radius 1 is 1.22 bits per heavy atom. The standard InChI is InChI=1S/C23H21N5O4/c1-14-9-19-21(23(29)28(14)7-2-6-27-8-5-26-12-27)20(16(11-24)22(25)32-19)15-3-4-17-18(10-15)31-13-30-17/h3-5,8-10,12,20H,2,6-7,13,25H2,1H3. The summed E-state index contributed by atoms with van der Waals surface area (Å²) in [5.74, 6) is 0.902. The van der Waals surface area contributed by atoms with Crippen LogP contribution in [0.5, 0.6) is 17.2 Å². The topological polar surface area (TPSA) is 117 Å². The number of nitriles is 1. The molecule has 3 aromatic rings. The lowest BCUT2D eigenvalue weighted by Crippen LogP contribution is -2.33. The van der Waals surface area contributed by atoms with E-state index < -0.39 is 5.92 Å². The molecule has 0 aliphatic carbocycles. The summed E-state index contributed by atoms with van der Waals surface area (Å²) in [4.78, 5) is 17.7. The SMILES string of the molecule is Cc1cc2c(c(=O)n1CCCn1ccnc1)C(c1ccc3c(c1)OCO3)C(C#N)=C(N)O2. The first-order valence-corrected chi connectivity index (χ1v) is 10.2. The lowest BCUT2D eigenvalue weighted by atomic mass is 9.84. The fourth-order valence-corrected chi connectivity index (χ4v) is 4.22. The van der Waals surface area contributed by atoms with Crippen LogP contribution in [0.25, 0.3) is 0 Å². The maximum Gasteiger partial charge on any atom is 0.258 e. The van der Waals surface area contributed by atoms with E-state index in [1.54, 1.807) is 35.3 Å². The number of ether oxygens (including phenoxy) is 3. The molecule has 162 valence electrons. The minimum absolute atomic E-state index is 0.000625. The predicted octanol–water partition coefficient (Wildman–Crippen LogP) is 2.39. The minimum Gasteiger partial charge on any atom is -0.454 e. The van der Waals surface area contributed by atoms with Crippen LogP contribution >= 0.6 is 0 Å². The molecule has 0 saturated heterocycles. The lowest BCUT2D eigenvalue weighted by molar-refractivity contribution is 0.174. The number of nitrogens with two attached hydrogens (primary N) is 1. The third-order valence-corrected chi connectivity index (χ3v) is 5.78. The van der Waals surface area contributed by atoms with E-state index in [2.05, 4.69) is 11.1 Å². The van der Waals surface area contributed by atoms with Gasteiger partial charge in [0.15, 0.2) is 11.5 Å². The van der Waals surface area contributed by atoms with Gasteiger partial charge in [0, 0.05) is 37.2 Å². The maximum atomic E-state index is 13.6. The molecule has 0 radical (unpaired) electrons. The highest BCUT2D eigenvalue weighted by molar-refractivity contribution is 5.57. The molecule has 2 N–H and O–H groups in total. The number of nitrogens with zero attached hydrogens (tertiary/aromatic N) is 4. The van der Waals surface area contributed by atoms with Crippen LogP contribution < -0.4 is 25.5 Å². The molecule has 1 unspecified atom stereocenters. The second kappa shape index (κ2) is 7.81. The first-order valence-electron chi connectivity index (χ1n) is 10.2. The molecule has 2 aromatic heterocycles. The molecule has 0 saturated carbocycles. The van der Waals surface area contributed by atoms with E-state index in [1.807, 2.05) is 23.8 Å². The summed E-state index contributed by atoms with van der Waals surface area (Å²) in [5, 5.41) is 9.83. The Labute approximate surface area is 183 Å². The molecular formula is C23H21N5O4. The molecule has 32 heavy (non-hydrogen) atoms. The number of rotatable bonds is 5. The van der Waals surface area contributed by atoms with Gasteiger partial charge in [0.05, 0.1) is 17.8 Å². The zero-order chi connectivity index (χ0) is 22.2. The third-order valence-electron chi connectivity index (χ3n) is 5.78. The molecule has 0 amide bonds. The van der Waals surface area contributed by atoms with Crippen molar-refractivity contribution in [3.63, 3.8) is 0 Å². The monoisotopic (exact) mass is 431 g/mol. The van der Waals surface area contributed by atoms with Gasteiger partial charge in [0.1, 0.15) is 17.4 Å². The van der Waals surface area contributed by atoms with E-state index in [0.29, 0.717) is 34.9 Å². The Hall–Kier alpha value is -4.19. The van der Waals surface area contributed by atoms with E-state index >= 15 is 0 Å². The van der Waals surface area contributed by atoms with Crippen LogP contribution in [0.2, 0.25) is 0 Å². The summed E-state index contributed by atoms with van der Waals surface area (Å²) in [6.07, 6.45) is 6.11. The number of pyridine rings is 1. The van der Waals surface area contributed by atoms with E-state index in [9.17, 15) is 10.1 Å². The number of aryl methyl sites for hydroxylation is 2. The summed E-state index contributed by atoms with van der Waals surface area (Å²) in [5.41, 5.74) is 7.94. The second-order valence-electron chi connectivity index (χ2n) is 7.71. The number of aromatic nitrogens is 3. The van der Waals surface area contributed by atoms with E-state index in [1.165, 1.54) is 0 Å². The highest BCUT2D eigenvalue weighted by Gasteiger charge is 2.35. The van der Waals surface area contributed by atoms with Crippen molar-refractivity contribution >= 4 is 0 Å². The quantitative estimate of drug-likeness (QED) is 0.659. The second-order valence-corrected chi connectivity index (χ2v) is 7.71. The fraction of sp³-hybridized carbons (Fsp3) is 0.261. The van der Waals surface area contributed by atoms with Gasteiger partial charge in [-0.15, -0.1) is 0 Å². The van der Waals surface area contributed by atoms with E-state index in [-0.39, 0.29) is 23.8 Å². The molecule has 1 aromatic carbocycles. The summed E-state index contributed by atoms with van der Waals surface area (Å²) in [6, 6.07) is 9.31. The Morgan fingerprint density at radius 2 is 2.06 bits per heavy atom. The maximum absolute atomic E-state index is 13.6. The number of imidazole rings is 1. The summed E-state index contributed by atoms with van der Waals surface area (Å²) < 4.78 is 20.3. The Balaban J connectivity index is 1.57. The Kier molecular flexibility index (Phi) is 4.82. The summed E-state index contributed by atoms with van der Waals surface area (Å²) in [7, 11) is 0.